The van der Waals surface area contributed by atoms with Crippen LogP contribution in [-0.2, 0) is 11.3 Å². The van der Waals surface area contributed by atoms with Crippen molar-refractivity contribution in [2.45, 2.75) is 39.2 Å². The highest BCUT2D eigenvalue weighted by molar-refractivity contribution is 5.89. The first-order valence-corrected chi connectivity index (χ1v) is 8.92. The Morgan fingerprint density at radius 2 is 1.96 bits per heavy atom. The van der Waals surface area contributed by atoms with E-state index in [4.69, 9.17) is 0 Å². The number of aromatic nitrogens is 6. The Morgan fingerprint density at radius 1 is 1.18 bits per heavy atom. The SMILES string of the molecule is Cc1cc(=O)[nH]c(-n2nc(C)cc2NC(=O)Cn2nc(C3CC3)ccc2=O)n1. The number of hydrogen-bond acceptors (Lipinski definition) is 6. The molecule has 10 heteroatoms. The number of hydrogen-bond donors (Lipinski definition) is 2. The zero-order chi connectivity index (χ0) is 19.8. The highest BCUT2D eigenvalue weighted by Gasteiger charge is 2.25. The van der Waals surface area contributed by atoms with Crippen molar-refractivity contribution in [3.63, 3.8) is 0 Å². The van der Waals surface area contributed by atoms with Gasteiger partial charge in [0.2, 0.25) is 11.9 Å². The summed E-state index contributed by atoms with van der Waals surface area (Å²) in [7, 11) is 0. The van der Waals surface area contributed by atoms with Crippen molar-refractivity contribution in [1.29, 1.82) is 0 Å². The summed E-state index contributed by atoms with van der Waals surface area (Å²) in [5, 5.41) is 11.3. The number of amides is 1. The fourth-order valence-electron chi connectivity index (χ4n) is 2.91. The van der Waals surface area contributed by atoms with E-state index in [0.717, 1.165) is 23.2 Å². The molecule has 0 atom stereocenters. The first-order chi connectivity index (χ1) is 13.4. The Bertz CT molecular complexity index is 1170. The number of nitrogens with one attached hydrogen (secondary N) is 2. The van der Waals surface area contributed by atoms with Crippen molar-refractivity contribution in [2.24, 2.45) is 0 Å². The summed E-state index contributed by atoms with van der Waals surface area (Å²) in [5.41, 5.74) is 1.33. The molecule has 10 nitrogen and oxygen atoms in total. The number of aromatic amines is 1. The molecule has 0 radical (unpaired) electrons. The largest absolute Gasteiger partial charge is 0.309 e. The summed E-state index contributed by atoms with van der Waals surface area (Å²) in [6.45, 7) is 3.23. The van der Waals surface area contributed by atoms with E-state index in [9.17, 15) is 14.4 Å². The number of rotatable bonds is 5. The molecule has 1 aliphatic rings. The van der Waals surface area contributed by atoms with Crippen LogP contribution in [0.4, 0.5) is 5.82 Å². The molecule has 0 aromatic carbocycles. The zero-order valence-corrected chi connectivity index (χ0v) is 15.5. The predicted octanol–water partition coefficient (Wildman–Crippen LogP) is 0.645. The maximum absolute atomic E-state index is 12.5. The molecule has 1 aliphatic carbocycles. The van der Waals surface area contributed by atoms with Crippen LogP contribution in [0.2, 0.25) is 0 Å². The third-order valence-corrected chi connectivity index (χ3v) is 4.33. The van der Waals surface area contributed by atoms with Gasteiger partial charge in [0.15, 0.2) is 0 Å². The average molecular weight is 381 g/mol. The van der Waals surface area contributed by atoms with Crippen molar-refractivity contribution in [3.05, 3.63) is 62.1 Å². The first kappa shape index (κ1) is 17.8. The standard InChI is InChI=1S/C18H19N7O3/c1-10-8-15(26)21-18(19-10)25-14(7-11(2)22-25)20-16(27)9-24-17(28)6-5-13(23-24)12-3-4-12/h5-8,12H,3-4,9H2,1-2H3,(H,20,27)(H,19,21,26). The number of carbonyl (C=O) groups is 1. The van der Waals surface area contributed by atoms with Crippen molar-refractivity contribution >= 4 is 11.7 Å². The van der Waals surface area contributed by atoms with Crippen molar-refractivity contribution in [1.82, 2.24) is 29.5 Å². The fraction of sp³-hybridized carbons (Fsp3) is 0.333. The van der Waals surface area contributed by atoms with Crippen LogP contribution in [0.1, 0.15) is 35.8 Å². The van der Waals surface area contributed by atoms with Gasteiger partial charge in [-0.25, -0.2) is 9.67 Å². The fourth-order valence-corrected chi connectivity index (χ4v) is 2.91. The number of carbonyl (C=O) groups excluding carboxylic acids is 1. The number of aryl methyl sites for hydroxylation is 2. The zero-order valence-electron chi connectivity index (χ0n) is 15.5. The summed E-state index contributed by atoms with van der Waals surface area (Å²) >= 11 is 0. The molecular weight excluding hydrogens is 362 g/mol. The molecule has 3 aromatic rings. The van der Waals surface area contributed by atoms with Crippen LogP contribution in [0.3, 0.4) is 0 Å². The van der Waals surface area contributed by atoms with E-state index in [1.165, 1.54) is 16.8 Å². The van der Waals surface area contributed by atoms with E-state index >= 15 is 0 Å². The minimum atomic E-state index is -0.432. The Kier molecular flexibility index (Phi) is 4.38. The van der Waals surface area contributed by atoms with E-state index in [1.807, 2.05) is 0 Å². The maximum atomic E-state index is 12.5. The van der Waals surface area contributed by atoms with Gasteiger partial charge in [0.1, 0.15) is 12.4 Å². The van der Waals surface area contributed by atoms with E-state index in [-0.39, 0.29) is 23.6 Å². The number of nitrogens with zero attached hydrogens (tertiary/aromatic N) is 5. The van der Waals surface area contributed by atoms with Crippen molar-refractivity contribution in [2.75, 3.05) is 5.32 Å². The van der Waals surface area contributed by atoms with Crippen LogP contribution < -0.4 is 16.4 Å². The summed E-state index contributed by atoms with van der Waals surface area (Å²) in [4.78, 5) is 43.1. The monoisotopic (exact) mass is 381 g/mol. The van der Waals surface area contributed by atoms with Gasteiger partial charge in [0, 0.05) is 29.8 Å². The molecule has 1 amide bonds. The lowest BCUT2D eigenvalue weighted by Gasteiger charge is -2.09. The highest BCUT2D eigenvalue weighted by atomic mass is 16.2. The van der Waals surface area contributed by atoms with Gasteiger partial charge in [-0.2, -0.15) is 14.9 Å². The third kappa shape index (κ3) is 3.75. The Hall–Kier alpha value is -3.56. The molecule has 28 heavy (non-hydrogen) atoms. The Balaban J connectivity index is 1.58. The smallest absolute Gasteiger partial charge is 0.267 e. The van der Waals surface area contributed by atoms with Crippen LogP contribution in [0.25, 0.3) is 5.95 Å². The van der Waals surface area contributed by atoms with Crippen LogP contribution in [0.5, 0.6) is 0 Å². The quantitative estimate of drug-likeness (QED) is 0.668. The lowest BCUT2D eigenvalue weighted by atomic mass is 10.3. The van der Waals surface area contributed by atoms with Crippen molar-refractivity contribution < 1.29 is 4.79 Å². The van der Waals surface area contributed by atoms with Gasteiger partial charge in [-0.1, -0.05) is 0 Å². The highest BCUT2D eigenvalue weighted by Crippen LogP contribution is 2.38. The van der Waals surface area contributed by atoms with Gasteiger partial charge in [-0.05, 0) is 32.8 Å². The van der Waals surface area contributed by atoms with E-state index < -0.39 is 5.91 Å². The van der Waals surface area contributed by atoms with Gasteiger partial charge in [-0.3, -0.25) is 19.4 Å². The summed E-state index contributed by atoms with van der Waals surface area (Å²) in [6, 6.07) is 6.16. The molecule has 0 unspecified atom stereocenters. The molecule has 0 bridgehead atoms. The normalized spacial score (nSPS) is 13.5. The second kappa shape index (κ2) is 6.87. The van der Waals surface area contributed by atoms with Gasteiger partial charge < -0.3 is 5.32 Å². The molecule has 0 saturated heterocycles. The van der Waals surface area contributed by atoms with Crippen molar-refractivity contribution in [3.8, 4) is 5.95 Å². The molecule has 144 valence electrons. The van der Waals surface area contributed by atoms with Crippen LogP contribution in [-0.4, -0.2) is 35.4 Å². The van der Waals surface area contributed by atoms with E-state index in [0.29, 0.717) is 23.1 Å². The molecule has 2 N–H and O–H groups in total. The molecule has 4 rings (SSSR count). The van der Waals surface area contributed by atoms with Crippen LogP contribution in [0.15, 0.2) is 33.9 Å². The van der Waals surface area contributed by atoms with Gasteiger partial charge in [0.25, 0.3) is 11.1 Å². The van der Waals surface area contributed by atoms with Gasteiger partial charge in [0.05, 0.1) is 11.4 Å². The van der Waals surface area contributed by atoms with E-state index in [2.05, 4.69) is 25.5 Å². The number of H-pyrrole nitrogens is 1. The van der Waals surface area contributed by atoms with Gasteiger partial charge in [-0.15, -0.1) is 0 Å². The minimum absolute atomic E-state index is 0.194. The van der Waals surface area contributed by atoms with Crippen LogP contribution in [0, 0.1) is 13.8 Å². The minimum Gasteiger partial charge on any atom is -0.309 e. The first-order valence-electron chi connectivity index (χ1n) is 8.92. The molecule has 1 fully saturated rings. The maximum Gasteiger partial charge on any atom is 0.267 e. The predicted molar refractivity (Wildman–Crippen MR) is 101 cm³/mol. The summed E-state index contributed by atoms with van der Waals surface area (Å²) in [5.74, 6) is 0.476. The topological polar surface area (TPSA) is 128 Å². The molecule has 3 heterocycles. The molecule has 3 aromatic heterocycles. The molecular formula is C18H19N7O3. The van der Waals surface area contributed by atoms with E-state index in [1.54, 1.807) is 26.0 Å². The van der Waals surface area contributed by atoms with Gasteiger partial charge >= 0.3 is 0 Å². The molecule has 0 aliphatic heterocycles. The average Bonchev–Trinajstić information content (AvgIpc) is 3.39. The van der Waals surface area contributed by atoms with Crippen LogP contribution >= 0.6 is 0 Å². The second-order valence-corrected chi connectivity index (χ2v) is 6.87. The molecule has 0 spiro atoms. The summed E-state index contributed by atoms with van der Waals surface area (Å²) < 4.78 is 2.50. The lowest BCUT2D eigenvalue weighted by molar-refractivity contribution is -0.117. The second-order valence-electron chi connectivity index (χ2n) is 6.87. The number of anilines is 1. The Morgan fingerprint density at radius 3 is 2.68 bits per heavy atom. The Labute approximate surface area is 159 Å². The summed E-state index contributed by atoms with van der Waals surface area (Å²) in [6.07, 6.45) is 2.11. The lowest BCUT2D eigenvalue weighted by Crippen LogP contribution is -2.30. The third-order valence-electron chi connectivity index (χ3n) is 4.33. The molecule has 1 saturated carbocycles.